The van der Waals surface area contributed by atoms with Crippen LogP contribution in [-0.2, 0) is 41.2 Å². The van der Waals surface area contributed by atoms with E-state index in [9.17, 15) is 24.9 Å². The number of carbonyl (C=O) groups excluding carboxylic acids is 4. The number of fused-ring (bicyclic) bond motifs is 6. The van der Waals surface area contributed by atoms with Crippen molar-refractivity contribution < 1.29 is 44.0 Å². The van der Waals surface area contributed by atoms with Gasteiger partial charge in [-0.05, 0) is 98.9 Å². The topological polar surface area (TPSA) is 201 Å². The van der Waals surface area contributed by atoms with Crippen LogP contribution in [0.15, 0.2) is 77.9 Å². The maximum absolute atomic E-state index is 15.5. The van der Waals surface area contributed by atoms with Crippen LogP contribution in [0.1, 0.15) is 94.2 Å². The van der Waals surface area contributed by atoms with Gasteiger partial charge >= 0.3 is 5.97 Å². The SMILES string of the molecule is CC[C@]1(O)C[C@H]2CN(CCc3c([nH]c4ccccc34)[C@@](C(=O)OC)(c3cc4c(cc3OC)N(C)[C@H]3[C@@](O)(C(=O)N/N=C(\C)c5ccc(N6C(=O)CC(C)C6=O)cc5)[C@H](O)[C@]5(CC)C=CCN6CC[C@]43[C@@H]65)C2)C1. The largest absolute Gasteiger partial charge is 0.496 e. The maximum atomic E-state index is 15.5. The molecule has 3 aromatic carbocycles. The van der Waals surface area contributed by atoms with E-state index in [-0.39, 0.29) is 30.2 Å². The van der Waals surface area contributed by atoms with Crippen molar-refractivity contribution in [2.45, 2.75) is 113 Å². The molecule has 2 unspecified atom stereocenters. The van der Waals surface area contributed by atoms with Crippen LogP contribution < -0.4 is 20.0 Å². The smallest absolute Gasteiger partial charge is 0.322 e. The van der Waals surface area contributed by atoms with Crippen molar-refractivity contribution in [3.05, 3.63) is 101 Å². The number of nitrogens with one attached hydrogen (secondary N) is 2. The number of aromatic amines is 1. The summed E-state index contributed by atoms with van der Waals surface area (Å²) in [6.07, 6.45) is 5.49. The first-order chi connectivity index (χ1) is 34.5. The summed E-state index contributed by atoms with van der Waals surface area (Å²) in [5.74, 6) is -1.95. The fourth-order valence-electron chi connectivity index (χ4n) is 15.2. The molecule has 1 saturated carbocycles. The Hall–Kier alpha value is -5.91. The molecule has 11 atom stereocenters. The number of carbonyl (C=O) groups is 4. The molecular formula is C56H67N7O9. The summed E-state index contributed by atoms with van der Waals surface area (Å²) in [5, 5.41) is 44.3. The second-order valence-corrected chi connectivity index (χ2v) is 22.0. The van der Waals surface area contributed by atoms with Crippen molar-refractivity contribution in [1.29, 1.82) is 0 Å². The van der Waals surface area contributed by atoms with Gasteiger partial charge in [0.2, 0.25) is 11.8 Å². The molecule has 0 radical (unpaired) electrons. The van der Waals surface area contributed by atoms with Crippen molar-refractivity contribution in [2.24, 2.45) is 22.4 Å². The van der Waals surface area contributed by atoms with Crippen molar-refractivity contribution >= 4 is 51.7 Å². The third-order valence-electron chi connectivity index (χ3n) is 18.4. The van der Waals surface area contributed by atoms with Gasteiger partial charge in [-0.1, -0.05) is 63.3 Å². The van der Waals surface area contributed by atoms with Gasteiger partial charge in [0.25, 0.3) is 5.91 Å². The molecule has 4 aromatic rings. The minimum absolute atomic E-state index is 0.132. The number of benzene rings is 3. The van der Waals surface area contributed by atoms with Gasteiger partial charge in [-0.15, -0.1) is 0 Å². The Balaban J connectivity index is 1.07. The highest BCUT2D eigenvalue weighted by Gasteiger charge is 2.79. The Morgan fingerprint density at radius 3 is 2.43 bits per heavy atom. The molecule has 3 amide bonds. The Morgan fingerprint density at radius 2 is 1.74 bits per heavy atom. The van der Waals surface area contributed by atoms with Gasteiger partial charge in [-0.2, -0.15) is 5.10 Å². The highest BCUT2D eigenvalue weighted by Crippen LogP contribution is 2.67. The normalized spacial score (nSPS) is 35.0. The van der Waals surface area contributed by atoms with Crippen molar-refractivity contribution in [3.63, 3.8) is 0 Å². The summed E-state index contributed by atoms with van der Waals surface area (Å²) in [6, 6.07) is 17.5. The summed E-state index contributed by atoms with van der Waals surface area (Å²) >= 11 is 0. The van der Waals surface area contributed by atoms with E-state index in [4.69, 9.17) is 9.47 Å². The van der Waals surface area contributed by atoms with Gasteiger partial charge in [0.1, 0.15) is 17.3 Å². The Labute approximate surface area is 420 Å². The molecule has 1 aliphatic carbocycles. The first-order valence-electron chi connectivity index (χ1n) is 25.7. The number of nitrogens with zero attached hydrogens (tertiary/aromatic N) is 5. The number of methoxy groups -OCH3 is 2. The number of amides is 3. The summed E-state index contributed by atoms with van der Waals surface area (Å²) in [4.78, 5) is 67.8. The Morgan fingerprint density at radius 1 is 0.972 bits per heavy atom. The van der Waals surface area contributed by atoms with E-state index >= 15 is 9.59 Å². The summed E-state index contributed by atoms with van der Waals surface area (Å²) < 4.78 is 12.4. The first kappa shape index (κ1) is 48.4. The second kappa shape index (κ2) is 17.1. The third kappa shape index (κ3) is 6.57. The number of piperidine rings is 1. The standard InChI is InChI=1S/C56H67N7O9/c1-8-52(69)28-34-29-55(51(68)72-7,45-38(19-23-61(30-34)31-52)37-13-10-11-14-41(37)57-45)40-26-39-42(27-43(40)71-6)60(5)48-54(39)21-24-62-22-12-20-53(9-2,47(54)62)49(66)56(48,70)50(67)59-58-33(4)35-15-17-36(18-16-35)63-44(64)25-32(3)46(63)65/h10-18,20,26-27,32,34,47-49,57,66,69-70H,8-9,19,21-25,28-31H2,1-7H3,(H,59,67)/b58-33+/t32?,34-,47+,48-,49-,52+,53-,54-,55+,56+/m1/s1. The van der Waals surface area contributed by atoms with E-state index in [1.165, 1.54) is 12.0 Å². The molecule has 7 heterocycles. The van der Waals surface area contributed by atoms with Crippen LogP contribution in [0.4, 0.5) is 11.4 Å². The molecule has 1 spiro atoms. The number of ether oxygens (including phenoxy) is 2. The van der Waals surface area contributed by atoms with E-state index < -0.39 is 57.4 Å². The van der Waals surface area contributed by atoms with Crippen molar-refractivity contribution in [3.8, 4) is 5.75 Å². The molecular weight excluding hydrogens is 915 g/mol. The van der Waals surface area contributed by atoms with E-state index in [0.717, 1.165) is 27.7 Å². The molecule has 6 aliphatic heterocycles. The number of aliphatic hydroxyl groups excluding tert-OH is 1. The van der Waals surface area contributed by atoms with Crippen LogP contribution in [0.2, 0.25) is 0 Å². The average Bonchev–Trinajstić information content (AvgIpc) is 4.11. The van der Waals surface area contributed by atoms with E-state index in [1.807, 2.05) is 62.2 Å². The first-order valence-corrected chi connectivity index (χ1v) is 25.7. The molecule has 2 bridgehead atoms. The summed E-state index contributed by atoms with van der Waals surface area (Å²) in [5.41, 5.74) is 1.93. The molecule has 3 saturated heterocycles. The van der Waals surface area contributed by atoms with Gasteiger partial charge in [0.05, 0.1) is 37.3 Å². The monoisotopic (exact) mass is 982 g/mol. The predicted octanol–water partition coefficient (Wildman–Crippen LogP) is 4.69. The number of rotatable bonds is 9. The summed E-state index contributed by atoms with van der Waals surface area (Å²) in [7, 11) is 4.87. The zero-order chi connectivity index (χ0) is 50.9. The van der Waals surface area contributed by atoms with Crippen LogP contribution >= 0.6 is 0 Å². The lowest BCUT2D eigenvalue weighted by atomic mass is 9.47. The predicted molar refractivity (Wildman–Crippen MR) is 272 cm³/mol. The minimum Gasteiger partial charge on any atom is -0.496 e. The lowest BCUT2D eigenvalue weighted by Crippen LogP contribution is -2.81. The zero-order valence-electron chi connectivity index (χ0n) is 42.3. The molecule has 72 heavy (non-hydrogen) atoms. The molecule has 380 valence electrons. The molecule has 4 fully saturated rings. The van der Waals surface area contributed by atoms with Gasteiger partial charge in [0.15, 0.2) is 5.60 Å². The van der Waals surface area contributed by atoms with Crippen molar-refractivity contribution in [2.75, 3.05) is 63.8 Å². The molecule has 1 aromatic heterocycles. The number of aliphatic hydroxyl groups is 3. The minimum atomic E-state index is -2.45. The summed E-state index contributed by atoms with van der Waals surface area (Å²) in [6.45, 7) is 10.6. The molecule has 5 N–H and O–H groups in total. The molecule has 7 aliphatic rings. The lowest BCUT2D eigenvalue weighted by Gasteiger charge is -2.63. The van der Waals surface area contributed by atoms with Gasteiger partial charge in [0, 0.05) is 96.4 Å². The fourth-order valence-corrected chi connectivity index (χ4v) is 15.2. The van der Waals surface area contributed by atoms with Crippen LogP contribution in [0.5, 0.6) is 5.75 Å². The van der Waals surface area contributed by atoms with Crippen LogP contribution in [-0.4, -0.2) is 143 Å². The lowest BCUT2D eigenvalue weighted by molar-refractivity contribution is -0.203. The number of aromatic nitrogens is 1. The van der Waals surface area contributed by atoms with Gasteiger partial charge in [-0.3, -0.25) is 33.9 Å². The average molecular weight is 982 g/mol. The van der Waals surface area contributed by atoms with E-state index in [2.05, 4.69) is 37.4 Å². The second-order valence-electron chi connectivity index (χ2n) is 22.0. The quantitative estimate of drug-likeness (QED) is 0.0511. The number of H-pyrrole nitrogens is 1. The number of anilines is 2. The third-order valence-corrected chi connectivity index (χ3v) is 18.4. The number of likely N-dealkylation sites (N-methyl/N-ethyl adjacent to an activating group) is 1. The van der Waals surface area contributed by atoms with E-state index in [1.54, 1.807) is 45.2 Å². The van der Waals surface area contributed by atoms with Crippen LogP contribution in [0, 0.1) is 17.3 Å². The zero-order valence-corrected chi connectivity index (χ0v) is 42.3. The van der Waals surface area contributed by atoms with E-state index in [0.29, 0.717) is 105 Å². The van der Waals surface area contributed by atoms with Crippen LogP contribution in [0.25, 0.3) is 10.9 Å². The van der Waals surface area contributed by atoms with Crippen molar-refractivity contribution in [1.82, 2.24) is 20.2 Å². The number of para-hydroxylation sites is 1. The number of hydrogen-bond acceptors (Lipinski definition) is 13. The van der Waals surface area contributed by atoms with Crippen LogP contribution in [0.3, 0.4) is 0 Å². The molecule has 16 heteroatoms. The number of hydrazone groups is 1. The Bertz CT molecular complexity index is 2970. The number of esters is 1. The number of imide groups is 1. The fraction of sp³-hybridized carbons (Fsp3) is 0.518. The molecule has 11 rings (SSSR count). The highest BCUT2D eigenvalue weighted by molar-refractivity contribution is 6.21. The van der Waals surface area contributed by atoms with Gasteiger partial charge in [-0.25, -0.2) is 5.43 Å². The Kier molecular flexibility index (Phi) is 11.5. The molecule has 16 nitrogen and oxygen atoms in total. The number of hydrogen-bond donors (Lipinski definition) is 5. The highest BCUT2D eigenvalue weighted by atomic mass is 16.5. The van der Waals surface area contributed by atoms with Gasteiger partial charge < -0.3 is 34.7 Å². The maximum Gasteiger partial charge on any atom is 0.322 e.